The van der Waals surface area contributed by atoms with Crippen LogP contribution >= 0.6 is 0 Å². The van der Waals surface area contributed by atoms with Gasteiger partial charge in [-0.25, -0.2) is 9.59 Å². The number of piperidine rings is 1. The second-order valence-electron chi connectivity index (χ2n) is 7.94. The van der Waals surface area contributed by atoms with Gasteiger partial charge in [0.2, 0.25) is 5.75 Å². The van der Waals surface area contributed by atoms with Crippen LogP contribution in [0.1, 0.15) is 39.1 Å². The normalized spacial score (nSPS) is 13.6. The van der Waals surface area contributed by atoms with Gasteiger partial charge < -0.3 is 25.6 Å². The van der Waals surface area contributed by atoms with Gasteiger partial charge >= 0.3 is 29.8 Å². The fourth-order valence-corrected chi connectivity index (χ4v) is 3.33. The van der Waals surface area contributed by atoms with Crippen LogP contribution in [0.25, 0.3) is 0 Å². The molecule has 1 aliphatic rings. The first-order valence-corrected chi connectivity index (χ1v) is 10.9. The van der Waals surface area contributed by atoms with E-state index < -0.39 is 46.5 Å². The third-order valence-electron chi connectivity index (χ3n) is 5.40. The smallest absolute Gasteiger partial charge is 0.481 e. The van der Waals surface area contributed by atoms with Gasteiger partial charge in [0.1, 0.15) is 0 Å². The molecule has 0 radical (unpaired) electrons. The predicted octanol–water partition coefficient (Wildman–Crippen LogP) is 2.84. The van der Waals surface area contributed by atoms with Gasteiger partial charge in [0, 0.05) is 31.3 Å². The van der Waals surface area contributed by atoms with Gasteiger partial charge in [-0.2, -0.15) is 13.2 Å². The van der Waals surface area contributed by atoms with Crippen molar-refractivity contribution in [3.8, 4) is 5.75 Å². The van der Waals surface area contributed by atoms with Crippen molar-refractivity contribution in [1.29, 1.82) is 0 Å². The number of nitrogens with zero attached hydrogens (tertiary/aromatic N) is 2. The summed E-state index contributed by atoms with van der Waals surface area (Å²) in [4.78, 5) is 57.2. The highest BCUT2D eigenvalue weighted by Crippen LogP contribution is 2.30. The van der Waals surface area contributed by atoms with Gasteiger partial charge in [0.05, 0.1) is 16.4 Å². The molecular weight excluding hydrogens is 519 g/mol. The number of hydrogen-bond donors (Lipinski definition) is 3. The fourth-order valence-electron chi connectivity index (χ4n) is 3.33. The van der Waals surface area contributed by atoms with Crippen molar-refractivity contribution in [2.75, 3.05) is 13.1 Å². The highest BCUT2D eigenvalue weighted by Gasteiger charge is 2.38. The molecule has 0 atom stereocenters. The highest BCUT2D eigenvalue weighted by atomic mass is 19.4. The monoisotopic (exact) mass is 541 g/mol. The zero-order chi connectivity index (χ0) is 28.6. The maximum absolute atomic E-state index is 12.7. The van der Waals surface area contributed by atoms with Crippen molar-refractivity contribution in [3.63, 3.8) is 0 Å². The van der Waals surface area contributed by atoms with E-state index in [1.165, 1.54) is 29.2 Å². The summed E-state index contributed by atoms with van der Waals surface area (Å²) in [6, 6.07) is 9.94. The number of esters is 1. The average Bonchev–Trinajstić information content (AvgIpc) is 2.88. The van der Waals surface area contributed by atoms with Crippen molar-refractivity contribution in [2.45, 2.75) is 25.6 Å². The Hall–Kier alpha value is -4.53. The van der Waals surface area contributed by atoms with Crippen molar-refractivity contribution in [2.24, 2.45) is 11.7 Å². The molecule has 204 valence electrons. The Bertz CT molecular complexity index is 1210. The van der Waals surface area contributed by atoms with E-state index in [0.717, 1.165) is 11.6 Å². The van der Waals surface area contributed by atoms with E-state index in [2.05, 4.69) is 0 Å². The molecular formula is C23H22F3N3O9. The molecule has 3 rings (SSSR count). The molecule has 1 heterocycles. The Morgan fingerprint density at radius 1 is 1.03 bits per heavy atom. The lowest BCUT2D eigenvalue weighted by Gasteiger charge is -2.30. The molecule has 0 aromatic heterocycles. The largest absolute Gasteiger partial charge is 0.490 e. The lowest BCUT2D eigenvalue weighted by molar-refractivity contribution is -0.385. The predicted molar refractivity (Wildman–Crippen MR) is 122 cm³/mol. The fraction of sp³-hybridized carbons (Fsp3) is 0.304. The first-order valence-electron chi connectivity index (χ1n) is 10.9. The number of carbonyl (C=O) groups is 4. The number of amides is 1. The van der Waals surface area contributed by atoms with Crippen LogP contribution < -0.4 is 10.5 Å². The second kappa shape index (κ2) is 12.6. The molecule has 1 fully saturated rings. The summed E-state index contributed by atoms with van der Waals surface area (Å²) in [6.07, 6.45) is -4.44. The molecule has 15 heteroatoms. The van der Waals surface area contributed by atoms with E-state index in [-0.39, 0.29) is 30.0 Å². The lowest BCUT2D eigenvalue weighted by Crippen LogP contribution is -2.40. The Kier molecular flexibility index (Phi) is 9.87. The molecule has 0 bridgehead atoms. The molecule has 1 amide bonds. The zero-order valence-corrected chi connectivity index (χ0v) is 19.5. The van der Waals surface area contributed by atoms with Crippen molar-refractivity contribution >= 4 is 29.5 Å². The minimum absolute atomic E-state index is 0.0626. The van der Waals surface area contributed by atoms with Gasteiger partial charge in [-0.1, -0.05) is 12.1 Å². The molecule has 0 saturated carbocycles. The van der Waals surface area contributed by atoms with E-state index in [1.54, 1.807) is 12.1 Å². The summed E-state index contributed by atoms with van der Waals surface area (Å²) >= 11 is 0. The van der Waals surface area contributed by atoms with Crippen LogP contribution in [-0.2, 0) is 16.1 Å². The van der Waals surface area contributed by atoms with E-state index in [0.29, 0.717) is 19.4 Å². The van der Waals surface area contributed by atoms with Crippen LogP contribution in [0.4, 0.5) is 18.9 Å². The molecule has 0 unspecified atom stereocenters. The van der Waals surface area contributed by atoms with Crippen LogP contribution in [-0.4, -0.2) is 63.1 Å². The van der Waals surface area contributed by atoms with E-state index >= 15 is 0 Å². The van der Waals surface area contributed by atoms with Crippen LogP contribution in [0.5, 0.6) is 5.75 Å². The number of carboxylic acid groups (broad SMARTS) is 2. The third kappa shape index (κ3) is 7.99. The van der Waals surface area contributed by atoms with Crippen LogP contribution in [0.15, 0.2) is 42.5 Å². The molecule has 38 heavy (non-hydrogen) atoms. The van der Waals surface area contributed by atoms with Gasteiger partial charge in [-0.05, 0) is 42.7 Å². The topological polar surface area (TPSA) is 190 Å². The number of hydrogen-bond acceptors (Lipinski definition) is 8. The zero-order valence-electron chi connectivity index (χ0n) is 19.5. The number of nitro benzene ring substituents is 1. The first-order chi connectivity index (χ1) is 17.7. The van der Waals surface area contributed by atoms with Crippen molar-refractivity contribution < 1.29 is 52.2 Å². The Balaban J connectivity index is 0.000000638. The third-order valence-corrected chi connectivity index (χ3v) is 5.40. The highest BCUT2D eigenvalue weighted by molar-refractivity contribution is 5.96. The number of benzene rings is 2. The molecule has 2 aromatic rings. The lowest BCUT2D eigenvalue weighted by atomic mass is 9.96. The van der Waals surface area contributed by atoms with Gasteiger partial charge in [0.25, 0.3) is 5.91 Å². The molecule has 12 nitrogen and oxygen atoms in total. The molecule has 1 saturated heterocycles. The molecule has 0 spiro atoms. The van der Waals surface area contributed by atoms with Gasteiger partial charge in [0.15, 0.2) is 0 Å². The molecule has 4 N–H and O–H groups in total. The Morgan fingerprint density at radius 3 is 2.00 bits per heavy atom. The summed E-state index contributed by atoms with van der Waals surface area (Å²) in [5, 5.41) is 27.7. The van der Waals surface area contributed by atoms with Crippen LogP contribution in [0, 0.1) is 16.0 Å². The van der Waals surface area contributed by atoms with Crippen LogP contribution in [0.2, 0.25) is 0 Å². The van der Waals surface area contributed by atoms with Gasteiger partial charge in [-0.15, -0.1) is 0 Å². The molecule has 2 aromatic carbocycles. The number of halogens is 3. The quantitative estimate of drug-likeness (QED) is 0.212. The molecule has 0 aliphatic carbocycles. The number of carboxylic acids is 2. The van der Waals surface area contributed by atoms with Crippen molar-refractivity contribution in [1.82, 2.24) is 4.90 Å². The second-order valence-corrected chi connectivity index (χ2v) is 7.94. The molecule has 1 aliphatic heterocycles. The minimum Gasteiger partial charge on any atom is -0.481 e. The average molecular weight is 541 g/mol. The van der Waals surface area contributed by atoms with Crippen LogP contribution in [0.3, 0.4) is 0 Å². The summed E-state index contributed by atoms with van der Waals surface area (Å²) in [7, 11) is 0. The number of ether oxygens (including phenoxy) is 1. The van der Waals surface area contributed by atoms with E-state index in [4.69, 9.17) is 25.5 Å². The number of likely N-dealkylation sites (tertiary alicyclic amines) is 1. The number of nitrogens with two attached hydrogens (primary N) is 1. The summed E-state index contributed by atoms with van der Waals surface area (Å²) < 4.78 is 36.9. The number of rotatable bonds is 6. The number of alkyl halides is 3. The summed E-state index contributed by atoms with van der Waals surface area (Å²) in [5.41, 5.74) is 6.08. The number of carbonyl (C=O) groups excluding carboxylic acids is 2. The maximum atomic E-state index is 12.7. The SMILES string of the molecule is NCc1ccc(C(=O)Oc2ccc(C(=O)N3CCC(C(=O)O)CC3)cc2[N+](=O)[O-])cc1.O=C(O)C(F)(F)F. The van der Waals surface area contributed by atoms with Gasteiger partial charge in [-0.3, -0.25) is 19.7 Å². The number of aliphatic carboxylic acids is 2. The first kappa shape index (κ1) is 29.7. The van der Waals surface area contributed by atoms with E-state index in [9.17, 15) is 37.7 Å². The Labute approximate surface area is 212 Å². The van der Waals surface area contributed by atoms with Crippen molar-refractivity contribution in [3.05, 3.63) is 69.3 Å². The Morgan fingerprint density at radius 2 is 1.55 bits per heavy atom. The summed E-state index contributed by atoms with van der Waals surface area (Å²) in [5.74, 6) is -5.65. The number of nitro groups is 1. The maximum Gasteiger partial charge on any atom is 0.490 e. The van der Waals surface area contributed by atoms with E-state index in [1.807, 2.05) is 0 Å². The minimum atomic E-state index is -5.08. The standard InChI is InChI=1S/C21H21N3O7.C2HF3O2/c22-12-13-1-3-15(4-2-13)21(28)31-18-6-5-16(11-17(18)24(29)30)19(25)23-9-7-14(8-10-23)20(26)27;3-2(4,5)1(6)7/h1-6,11,14H,7-10,12,22H2,(H,26,27);(H,6,7). The summed E-state index contributed by atoms with van der Waals surface area (Å²) in [6.45, 7) is 0.808.